The number of hydrogen-bond donors (Lipinski definition) is 3. The van der Waals surface area contributed by atoms with Crippen LogP contribution in [0.2, 0.25) is 0 Å². The maximum Gasteiger partial charge on any atom is 0.317 e. The molecule has 92 valence electrons. The van der Waals surface area contributed by atoms with Crippen molar-refractivity contribution < 1.29 is 4.79 Å². The topological polar surface area (TPSA) is 70.4 Å². The molecule has 0 radical (unpaired) electrons. The Morgan fingerprint density at radius 3 is 2.88 bits per heavy atom. The summed E-state index contributed by atoms with van der Waals surface area (Å²) in [4.78, 5) is 13.9. The second kappa shape index (κ2) is 5.50. The zero-order chi connectivity index (χ0) is 11.4. The number of nitrogens with one attached hydrogen (secondary N) is 2. The van der Waals surface area contributed by atoms with Crippen LogP contribution >= 0.6 is 0 Å². The smallest absolute Gasteiger partial charge is 0.317 e. The maximum absolute atomic E-state index is 12.1. The van der Waals surface area contributed by atoms with Gasteiger partial charge in [-0.05, 0) is 12.8 Å². The van der Waals surface area contributed by atoms with Crippen molar-refractivity contribution in [2.24, 2.45) is 5.73 Å². The Kier molecular flexibility index (Phi) is 4.01. The fourth-order valence-electron chi connectivity index (χ4n) is 2.57. The summed E-state index contributed by atoms with van der Waals surface area (Å²) in [6, 6.07) is 0.611. The number of hydrogen-bond acceptors (Lipinski definition) is 3. The number of nitrogens with zero attached hydrogens (tertiary/aromatic N) is 1. The van der Waals surface area contributed by atoms with Crippen LogP contribution in [0.3, 0.4) is 0 Å². The maximum atomic E-state index is 12.1. The van der Waals surface area contributed by atoms with Crippen LogP contribution in [0.15, 0.2) is 0 Å². The van der Waals surface area contributed by atoms with Gasteiger partial charge in [0.05, 0.1) is 6.04 Å². The van der Waals surface area contributed by atoms with Crippen molar-refractivity contribution in [2.75, 3.05) is 26.2 Å². The van der Waals surface area contributed by atoms with Crippen molar-refractivity contribution >= 4 is 6.03 Å². The molecule has 1 saturated carbocycles. The molecule has 0 aromatic rings. The summed E-state index contributed by atoms with van der Waals surface area (Å²) in [5.41, 5.74) is 5.68. The average Bonchev–Trinajstić information content (AvgIpc) is 2.81. The normalized spacial score (nSPS) is 27.1. The van der Waals surface area contributed by atoms with E-state index in [0.29, 0.717) is 12.6 Å². The predicted octanol–water partition coefficient (Wildman–Crippen LogP) is -0.129. The van der Waals surface area contributed by atoms with Gasteiger partial charge < -0.3 is 21.3 Å². The molecule has 16 heavy (non-hydrogen) atoms. The number of carbonyl (C=O) groups excluding carboxylic acids is 1. The minimum absolute atomic E-state index is 0.0730. The van der Waals surface area contributed by atoms with Crippen molar-refractivity contribution in [3.63, 3.8) is 0 Å². The van der Waals surface area contributed by atoms with Crippen LogP contribution in [0.25, 0.3) is 0 Å². The minimum Gasteiger partial charge on any atom is -0.335 e. The van der Waals surface area contributed by atoms with Crippen molar-refractivity contribution in [1.29, 1.82) is 0 Å². The molecule has 0 aromatic heterocycles. The Balaban J connectivity index is 1.86. The van der Waals surface area contributed by atoms with Crippen LogP contribution in [0.4, 0.5) is 4.79 Å². The molecule has 1 aliphatic heterocycles. The summed E-state index contributed by atoms with van der Waals surface area (Å²) in [6.45, 7) is 2.98. The first-order valence-electron chi connectivity index (χ1n) is 6.29. The van der Waals surface area contributed by atoms with E-state index < -0.39 is 0 Å². The first-order chi connectivity index (χ1) is 7.81. The lowest BCUT2D eigenvalue weighted by Gasteiger charge is -2.36. The standard InChI is InChI=1S/C11H22N4O/c12-7-10-8-13-5-6-15(10)11(16)14-9-3-1-2-4-9/h9-10,13H,1-8,12H2,(H,14,16). The average molecular weight is 226 g/mol. The Labute approximate surface area is 96.7 Å². The molecule has 0 bridgehead atoms. The fourth-order valence-corrected chi connectivity index (χ4v) is 2.57. The summed E-state index contributed by atoms with van der Waals surface area (Å²) in [7, 11) is 0. The summed E-state index contributed by atoms with van der Waals surface area (Å²) in [6.07, 6.45) is 4.75. The Morgan fingerprint density at radius 1 is 1.44 bits per heavy atom. The minimum atomic E-state index is 0.0730. The third kappa shape index (κ3) is 2.65. The Morgan fingerprint density at radius 2 is 2.19 bits per heavy atom. The van der Waals surface area contributed by atoms with E-state index in [1.807, 2.05) is 4.90 Å². The molecule has 2 aliphatic rings. The van der Waals surface area contributed by atoms with E-state index in [1.54, 1.807) is 0 Å². The van der Waals surface area contributed by atoms with Crippen LogP contribution in [0.5, 0.6) is 0 Å². The molecule has 5 heteroatoms. The van der Waals surface area contributed by atoms with E-state index in [9.17, 15) is 4.79 Å². The SMILES string of the molecule is NCC1CNCCN1C(=O)NC1CCCC1. The largest absolute Gasteiger partial charge is 0.335 e. The molecule has 0 aromatic carbocycles. The quantitative estimate of drug-likeness (QED) is 0.614. The third-order valence-corrected chi connectivity index (χ3v) is 3.57. The van der Waals surface area contributed by atoms with E-state index in [0.717, 1.165) is 32.5 Å². The molecule has 2 fully saturated rings. The zero-order valence-electron chi connectivity index (χ0n) is 9.74. The molecule has 4 N–H and O–H groups in total. The van der Waals surface area contributed by atoms with Crippen LogP contribution in [-0.4, -0.2) is 49.2 Å². The number of amides is 2. The highest BCUT2D eigenvalue weighted by atomic mass is 16.2. The van der Waals surface area contributed by atoms with Crippen molar-refractivity contribution in [1.82, 2.24) is 15.5 Å². The first-order valence-corrected chi connectivity index (χ1v) is 6.29. The number of piperazine rings is 1. The van der Waals surface area contributed by atoms with Gasteiger partial charge in [-0.25, -0.2) is 4.79 Å². The second-order valence-corrected chi connectivity index (χ2v) is 4.72. The predicted molar refractivity (Wildman–Crippen MR) is 63.2 cm³/mol. The highest BCUT2D eigenvalue weighted by Gasteiger charge is 2.27. The van der Waals surface area contributed by atoms with Gasteiger partial charge in [0, 0.05) is 32.2 Å². The van der Waals surface area contributed by atoms with Crippen LogP contribution < -0.4 is 16.4 Å². The van der Waals surface area contributed by atoms with Gasteiger partial charge in [-0.3, -0.25) is 0 Å². The molecule has 1 unspecified atom stereocenters. The lowest BCUT2D eigenvalue weighted by atomic mass is 10.2. The summed E-state index contributed by atoms with van der Waals surface area (Å²) < 4.78 is 0. The Bertz CT molecular complexity index is 240. The number of carbonyl (C=O) groups is 1. The second-order valence-electron chi connectivity index (χ2n) is 4.72. The highest BCUT2D eigenvalue weighted by Crippen LogP contribution is 2.18. The van der Waals surface area contributed by atoms with Gasteiger partial charge in [-0.15, -0.1) is 0 Å². The lowest BCUT2D eigenvalue weighted by Crippen LogP contribution is -2.59. The van der Waals surface area contributed by atoms with Crippen LogP contribution in [-0.2, 0) is 0 Å². The van der Waals surface area contributed by atoms with Crippen LogP contribution in [0.1, 0.15) is 25.7 Å². The molecule has 2 amide bonds. The first kappa shape index (κ1) is 11.7. The summed E-state index contributed by atoms with van der Waals surface area (Å²) in [5.74, 6) is 0. The molecule has 1 saturated heterocycles. The van der Waals surface area contributed by atoms with E-state index in [2.05, 4.69) is 10.6 Å². The van der Waals surface area contributed by atoms with Crippen molar-refractivity contribution in [3.8, 4) is 0 Å². The number of rotatable bonds is 2. The van der Waals surface area contributed by atoms with Gasteiger partial charge in [-0.2, -0.15) is 0 Å². The summed E-state index contributed by atoms with van der Waals surface area (Å²) in [5, 5.41) is 6.38. The van der Waals surface area contributed by atoms with Gasteiger partial charge in [0.2, 0.25) is 0 Å². The number of nitrogens with two attached hydrogens (primary N) is 1. The molecule has 1 heterocycles. The van der Waals surface area contributed by atoms with E-state index in [1.165, 1.54) is 12.8 Å². The van der Waals surface area contributed by atoms with E-state index in [-0.39, 0.29) is 12.1 Å². The monoisotopic (exact) mass is 226 g/mol. The van der Waals surface area contributed by atoms with Gasteiger partial charge in [0.15, 0.2) is 0 Å². The molecule has 5 nitrogen and oxygen atoms in total. The van der Waals surface area contributed by atoms with E-state index >= 15 is 0 Å². The van der Waals surface area contributed by atoms with Gasteiger partial charge >= 0.3 is 6.03 Å². The van der Waals surface area contributed by atoms with Gasteiger partial charge in [0.25, 0.3) is 0 Å². The highest BCUT2D eigenvalue weighted by molar-refractivity contribution is 5.75. The molecular formula is C11H22N4O. The fraction of sp³-hybridized carbons (Fsp3) is 0.909. The third-order valence-electron chi connectivity index (χ3n) is 3.57. The summed E-state index contributed by atoms with van der Waals surface area (Å²) >= 11 is 0. The van der Waals surface area contributed by atoms with Gasteiger partial charge in [0.1, 0.15) is 0 Å². The van der Waals surface area contributed by atoms with Crippen molar-refractivity contribution in [2.45, 2.75) is 37.8 Å². The molecular weight excluding hydrogens is 204 g/mol. The van der Waals surface area contributed by atoms with E-state index in [4.69, 9.17) is 5.73 Å². The zero-order valence-corrected chi connectivity index (χ0v) is 9.74. The van der Waals surface area contributed by atoms with Crippen molar-refractivity contribution in [3.05, 3.63) is 0 Å². The molecule has 1 atom stereocenters. The lowest BCUT2D eigenvalue weighted by molar-refractivity contribution is 0.157. The number of urea groups is 1. The van der Waals surface area contributed by atoms with Gasteiger partial charge in [-0.1, -0.05) is 12.8 Å². The molecule has 0 spiro atoms. The molecule has 2 rings (SSSR count). The van der Waals surface area contributed by atoms with Crippen LogP contribution in [0, 0.1) is 0 Å². The molecule has 1 aliphatic carbocycles. The Hall–Kier alpha value is -0.810.